The molecule has 0 aliphatic carbocycles. The maximum atomic E-state index is 12.7. The molecule has 134 valence electrons. The van der Waals surface area contributed by atoms with Gasteiger partial charge in [0.15, 0.2) is 0 Å². The summed E-state index contributed by atoms with van der Waals surface area (Å²) in [6, 6.07) is 7.37. The van der Waals surface area contributed by atoms with Crippen molar-refractivity contribution in [2.24, 2.45) is 0 Å². The van der Waals surface area contributed by atoms with Gasteiger partial charge in [-0.05, 0) is 60.7 Å². The van der Waals surface area contributed by atoms with Gasteiger partial charge in [-0.15, -0.1) is 0 Å². The predicted molar refractivity (Wildman–Crippen MR) is 112 cm³/mol. The molecule has 2 fully saturated rings. The van der Waals surface area contributed by atoms with Gasteiger partial charge in [-0.2, -0.15) is 0 Å². The molecule has 1 aromatic carbocycles. The summed E-state index contributed by atoms with van der Waals surface area (Å²) in [7, 11) is 0. The minimum absolute atomic E-state index is 0.103. The molecule has 8 heteroatoms. The van der Waals surface area contributed by atoms with Gasteiger partial charge in [0.05, 0.1) is 17.9 Å². The Hall–Kier alpha value is -0.710. The van der Waals surface area contributed by atoms with Crippen LogP contribution in [0.15, 0.2) is 24.3 Å². The Morgan fingerprint density at radius 3 is 2.40 bits per heavy atom. The number of morpholine rings is 1. The zero-order chi connectivity index (χ0) is 18.1. The summed E-state index contributed by atoms with van der Waals surface area (Å²) in [5, 5.41) is -0.451. The molecule has 3 unspecified atom stereocenters. The fourth-order valence-corrected chi connectivity index (χ4v) is 4.91. The number of nitrogens with zero attached hydrogens (tertiary/aromatic N) is 2. The van der Waals surface area contributed by atoms with Crippen molar-refractivity contribution in [2.45, 2.75) is 37.7 Å². The molecule has 0 spiro atoms. The summed E-state index contributed by atoms with van der Waals surface area (Å²) >= 11 is 9.04. The van der Waals surface area contributed by atoms with Crippen LogP contribution in [0.25, 0.3) is 0 Å². The number of hydrogen-bond acceptors (Lipinski definition) is 5. The number of amides is 2. The first-order chi connectivity index (χ1) is 11.8. The number of benzene rings is 1. The minimum atomic E-state index is -0.451. The van der Waals surface area contributed by atoms with E-state index >= 15 is 0 Å². The highest BCUT2D eigenvalue weighted by molar-refractivity contribution is 14.1. The van der Waals surface area contributed by atoms with Crippen molar-refractivity contribution in [1.29, 1.82) is 0 Å². The fraction of sp³-hybridized carbons (Fsp3) is 0.471. The van der Waals surface area contributed by atoms with Crippen LogP contribution in [-0.4, -0.2) is 51.6 Å². The van der Waals surface area contributed by atoms with Crippen LogP contribution in [0, 0.1) is 3.57 Å². The molecule has 0 saturated carbocycles. The number of carbonyl (C=O) groups excluding carboxylic acids is 2. The lowest BCUT2D eigenvalue weighted by molar-refractivity contribution is -0.121. The monoisotopic (exact) mass is 490 g/mol. The van der Waals surface area contributed by atoms with Crippen molar-refractivity contribution in [3.63, 3.8) is 0 Å². The number of carbonyl (C=O) groups is 2. The van der Waals surface area contributed by atoms with Crippen molar-refractivity contribution in [1.82, 2.24) is 4.90 Å². The van der Waals surface area contributed by atoms with E-state index in [2.05, 4.69) is 27.5 Å². The van der Waals surface area contributed by atoms with E-state index in [9.17, 15) is 9.59 Å². The van der Waals surface area contributed by atoms with Crippen molar-refractivity contribution >= 4 is 68.4 Å². The number of imide groups is 1. The summed E-state index contributed by atoms with van der Waals surface area (Å²) in [4.78, 5) is 28.4. The van der Waals surface area contributed by atoms with Gasteiger partial charge < -0.3 is 9.64 Å². The molecule has 25 heavy (non-hydrogen) atoms. The number of anilines is 1. The van der Waals surface area contributed by atoms with Gasteiger partial charge in [-0.1, -0.05) is 24.0 Å². The molecule has 1 aromatic rings. The molecule has 2 aliphatic rings. The molecule has 3 atom stereocenters. The zero-order valence-electron chi connectivity index (χ0n) is 14.0. The molecular weight excluding hydrogens is 471 g/mol. The number of rotatable bonds is 2. The highest BCUT2D eigenvalue weighted by atomic mass is 127. The first-order valence-corrected chi connectivity index (χ1v) is 10.4. The number of hydrogen-bond donors (Lipinski definition) is 0. The second-order valence-electron chi connectivity index (χ2n) is 6.28. The van der Waals surface area contributed by atoms with E-state index in [1.807, 2.05) is 26.0 Å². The number of halogens is 1. The van der Waals surface area contributed by atoms with Crippen LogP contribution >= 0.6 is 46.6 Å². The Labute approximate surface area is 170 Å². The Kier molecular flexibility index (Phi) is 6.02. The SMILES string of the molecule is CC1CN(C(=S)SC2CC(=O)N(c3ccc(I)cc3)C2=O)CC(C)O1. The maximum absolute atomic E-state index is 12.7. The van der Waals surface area contributed by atoms with Crippen LogP contribution in [-0.2, 0) is 14.3 Å². The number of thioether (sulfide) groups is 1. The smallest absolute Gasteiger partial charge is 0.247 e. The van der Waals surface area contributed by atoms with Gasteiger partial charge in [-0.25, -0.2) is 4.90 Å². The molecule has 0 radical (unpaired) electrons. The Morgan fingerprint density at radius 1 is 1.20 bits per heavy atom. The highest BCUT2D eigenvalue weighted by Crippen LogP contribution is 2.32. The molecule has 0 N–H and O–H groups in total. The Morgan fingerprint density at radius 2 is 1.80 bits per heavy atom. The van der Waals surface area contributed by atoms with E-state index in [0.717, 1.165) is 3.57 Å². The number of ether oxygens (including phenoxy) is 1. The van der Waals surface area contributed by atoms with Gasteiger partial charge in [0.1, 0.15) is 9.57 Å². The zero-order valence-corrected chi connectivity index (χ0v) is 17.8. The predicted octanol–water partition coefficient (Wildman–Crippen LogP) is 3.05. The van der Waals surface area contributed by atoms with E-state index in [4.69, 9.17) is 17.0 Å². The summed E-state index contributed by atoms with van der Waals surface area (Å²) in [6.07, 6.45) is 0.392. The molecule has 2 aliphatic heterocycles. The molecule has 2 heterocycles. The van der Waals surface area contributed by atoms with Crippen LogP contribution in [0.2, 0.25) is 0 Å². The lowest BCUT2D eigenvalue weighted by atomic mass is 10.2. The third kappa shape index (κ3) is 4.35. The molecule has 0 bridgehead atoms. The number of thiocarbonyl (C=S) groups is 1. The van der Waals surface area contributed by atoms with Crippen LogP contribution in [0.1, 0.15) is 20.3 Å². The van der Waals surface area contributed by atoms with Crippen LogP contribution < -0.4 is 4.90 Å². The average molecular weight is 490 g/mol. The molecule has 3 rings (SSSR count). The van der Waals surface area contributed by atoms with Gasteiger partial charge in [-0.3, -0.25) is 9.59 Å². The molecule has 2 amide bonds. The molecule has 5 nitrogen and oxygen atoms in total. The van der Waals surface area contributed by atoms with Gasteiger partial charge >= 0.3 is 0 Å². The third-order valence-corrected chi connectivity index (χ3v) is 6.49. The van der Waals surface area contributed by atoms with Gasteiger partial charge in [0.25, 0.3) is 0 Å². The van der Waals surface area contributed by atoms with Crippen LogP contribution in [0.4, 0.5) is 5.69 Å². The quantitative estimate of drug-likeness (QED) is 0.361. The largest absolute Gasteiger partial charge is 0.372 e. The lowest BCUT2D eigenvalue weighted by Crippen LogP contribution is -2.47. The van der Waals surface area contributed by atoms with E-state index in [1.165, 1.54) is 16.7 Å². The summed E-state index contributed by atoms with van der Waals surface area (Å²) in [5.41, 5.74) is 0.623. The normalized spacial score (nSPS) is 27.1. The minimum Gasteiger partial charge on any atom is -0.372 e. The van der Waals surface area contributed by atoms with Crippen LogP contribution in [0.5, 0.6) is 0 Å². The first kappa shape index (κ1) is 19.1. The standard InChI is InChI=1S/C17H19IN2O3S2/c1-10-8-19(9-11(2)23-10)17(24)25-14-7-15(21)20(16(14)22)13-5-3-12(18)4-6-13/h3-6,10-11,14H,7-9H2,1-2H3. The highest BCUT2D eigenvalue weighted by Gasteiger charge is 2.41. The maximum Gasteiger partial charge on any atom is 0.247 e. The summed E-state index contributed by atoms with van der Waals surface area (Å²) in [6.45, 7) is 5.45. The average Bonchev–Trinajstić information content (AvgIpc) is 2.81. The van der Waals surface area contributed by atoms with E-state index in [-0.39, 0.29) is 30.4 Å². The Balaban J connectivity index is 1.68. The summed E-state index contributed by atoms with van der Waals surface area (Å²) in [5.74, 6) is -0.358. The molecule has 2 saturated heterocycles. The topological polar surface area (TPSA) is 49.9 Å². The first-order valence-electron chi connectivity index (χ1n) is 8.08. The van der Waals surface area contributed by atoms with Crippen molar-refractivity contribution in [3.05, 3.63) is 27.8 Å². The van der Waals surface area contributed by atoms with Gasteiger partial charge in [0.2, 0.25) is 11.8 Å². The van der Waals surface area contributed by atoms with E-state index in [1.54, 1.807) is 12.1 Å². The second kappa shape index (κ2) is 7.89. The van der Waals surface area contributed by atoms with Crippen molar-refractivity contribution < 1.29 is 14.3 Å². The van der Waals surface area contributed by atoms with Gasteiger partial charge in [0, 0.05) is 23.1 Å². The Bertz CT molecular complexity index is 688. The fourth-order valence-electron chi connectivity index (χ4n) is 3.08. The second-order valence-corrected chi connectivity index (χ2v) is 9.36. The molecular formula is C17H19IN2O3S2. The summed E-state index contributed by atoms with van der Waals surface area (Å²) < 4.78 is 7.44. The third-order valence-electron chi connectivity index (χ3n) is 4.11. The van der Waals surface area contributed by atoms with Crippen molar-refractivity contribution in [2.75, 3.05) is 18.0 Å². The lowest BCUT2D eigenvalue weighted by Gasteiger charge is -2.36. The van der Waals surface area contributed by atoms with E-state index in [0.29, 0.717) is 23.1 Å². The molecule has 0 aromatic heterocycles. The van der Waals surface area contributed by atoms with Crippen molar-refractivity contribution in [3.8, 4) is 0 Å². The van der Waals surface area contributed by atoms with Crippen LogP contribution in [0.3, 0.4) is 0 Å². The van der Waals surface area contributed by atoms with E-state index < -0.39 is 5.25 Å².